The van der Waals surface area contributed by atoms with Gasteiger partial charge in [-0.3, -0.25) is 9.59 Å². The van der Waals surface area contributed by atoms with Crippen molar-refractivity contribution >= 4 is 21.5 Å². The zero-order chi connectivity index (χ0) is 23.0. The number of benzene rings is 1. The van der Waals surface area contributed by atoms with Crippen LogP contribution in [0.2, 0.25) is 0 Å². The summed E-state index contributed by atoms with van der Waals surface area (Å²) in [6.45, 7) is 10.1. The maximum Gasteiger partial charge on any atom is 0.239 e. The van der Waals surface area contributed by atoms with E-state index in [4.69, 9.17) is 4.74 Å². The van der Waals surface area contributed by atoms with E-state index < -0.39 is 26.5 Å². The second-order valence-corrected chi connectivity index (χ2v) is 12.6. The summed E-state index contributed by atoms with van der Waals surface area (Å²) >= 11 is 0. The lowest BCUT2D eigenvalue weighted by molar-refractivity contribution is -0.129. The first-order valence-electron chi connectivity index (χ1n) is 11.1. The highest BCUT2D eigenvalue weighted by atomic mass is 32.2. The van der Waals surface area contributed by atoms with E-state index in [-0.39, 0.29) is 42.0 Å². The van der Waals surface area contributed by atoms with Gasteiger partial charge in [0, 0.05) is 0 Å². The number of Topliss-reactive ketones (excluding diaryl/α,β-unsaturated/α-hetero) is 1. The Bertz CT molecular complexity index is 930. The molecule has 1 aromatic carbocycles. The van der Waals surface area contributed by atoms with Gasteiger partial charge < -0.3 is 10.1 Å². The number of amides is 1. The van der Waals surface area contributed by atoms with Crippen LogP contribution in [0, 0.1) is 5.92 Å². The van der Waals surface area contributed by atoms with Gasteiger partial charge in [-0.05, 0) is 48.1 Å². The predicted octanol–water partition coefficient (Wildman–Crippen LogP) is 3.32. The van der Waals surface area contributed by atoms with E-state index in [2.05, 4.69) is 26.1 Å². The summed E-state index contributed by atoms with van der Waals surface area (Å²) in [7, 11) is -3.77. The Morgan fingerprint density at radius 1 is 1.23 bits per heavy atom. The Labute approximate surface area is 186 Å². The summed E-state index contributed by atoms with van der Waals surface area (Å²) in [5.74, 6) is -0.919. The number of nitrogens with one attached hydrogen (secondary N) is 1. The Morgan fingerprint density at radius 3 is 2.45 bits per heavy atom. The van der Waals surface area contributed by atoms with Gasteiger partial charge in [-0.2, -0.15) is 0 Å². The number of ether oxygens (including phenoxy) is 1. The van der Waals surface area contributed by atoms with Crippen LogP contribution < -0.4 is 5.32 Å². The number of hydrogen-bond acceptors (Lipinski definition) is 5. The van der Waals surface area contributed by atoms with Crippen molar-refractivity contribution in [2.45, 2.75) is 88.4 Å². The van der Waals surface area contributed by atoms with Crippen molar-refractivity contribution in [1.29, 1.82) is 0 Å². The van der Waals surface area contributed by atoms with Crippen LogP contribution in [0.3, 0.4) is 0 Å². The molecule has 1 aliphatic carbocycles. The number of sulfone groups is 1. The van der Waals surface area contributed by atoms with Crippen molar-refractivity contribution in [3.8, 4) is 0 Å². The fourth-order valence-corrected chi connectivity index (χ4v) is 6.54. The minimum atomic E-state index is -3.77. The van der Waals surface area contributed by atoms with E-state index >= 15 is 0 Å². The van der Waals surface area contributed by atoms with Crippen LogP contribution in [0.25, 0.3) is 0 Å². The summed E-state index contributed by atoms with van der Waals surface area (Å²) in [5.41, 5.74) is 0.698. The molecule has 1 saturated carbocycles. The molecule has 3 atom stereocenters. The third-order valence-electron chi connectivity index (χ3n) is 6.45. The highest BCUT2D eigenvalue weighted by molar-refractivity contribution is 7.92. The highest BCUT2D eigenvalue weighted by Crippen LogP contribution is 2.38. The normalized spacial score (nSPS) is 25.0. The average Bonchev–Trinajstić information content (AvgIpc) is 3.18. The largest absolute Gasteiger partial charge is 0.367 e. The number of carbonyl (C=O) groups excluding carboxylic acids is 2. The molecule has 7 heteroatoms. The molecule has 0 bridgehead atoms. The smallest absolute Gasteiger partial charge is 0.239 e. The minimum absolute atomic E-state index is 0.0150. The monoisotopic (exact) mass is 449 g/mol. The molecule has 1 saturated heterocycles. The SMILES string of the molecule is CC(C)CC(C(=O)N[C@]12CCC[C@H]1OCC2=O)S(=O)(=O)Cc1ccc(C(C)(C)C)cc1. The molecule has 172 valence electrons. The van der Waals surface area contributed by atoms with Crippen LogP contribution in [0.1, 0.15) is 71.4 Å². The number of rotatable bonds is 7. The third kappa shape index (κ3) is 5.03. The lowest BCUT2D eigenvalue weighted by atomic mass is 9.87. The molecule has 1 unspecified atom stereocenters. The van der Waals surface area contributed by atoms with Gasteiger partial charge in [0.15, 0.2) is 15.6 Å². The van der Waals surface area contributed by atoms with E-state index in [0.29, 0.717) is 18.4 Å². The summed E-state index contributed by atoms with van der Waals surface area (Å²) < 4.78 is 32.2. The minimum Gasteiger partial charge on any atom is -0.367 e. The number of ketones is 1. The predicted molar refractivity (Wildman–Crippen MR) is 120 cm³/mol. The third-order valence-corrected chi connectivity index (χ3v) is 8.45. The van der Waals surface area contributed by atoms with Gasteiger partial charge in [-0.15, -0.1) is 0 Å². The van der Waals surface area contributed by atoms with Gasteiger partial charge in [0.05, 0.1) is 11.9 Å². The van der Waals surface area contributed by atoms with E-state index in [1.807, 2.05) is 38.1 Å². The van der Waals surface area contributed by atoms with E-state index in [1.54, 1.807) is 0 Å². The molecule has 2 fully saturated rings. The zero-order valence-corrected chi connectivity index (χ0v) is 20.1. The van der Waals surface area contributed by atoms with E-state index in [1.165, 1.54) is 0 Å². The Morgan fingerprint density at radius 2 is 1.87 bits per heavy atom. The van der Waals surface area contributed by atoms with Crippen molar-refractivity contribution in [2.75, 3.05) is 6.61 Å². The lowest BCUT2D eigenvalue weighted by Crippen LogP contribution is -2.59. The van der Waals surface area contributed by atoms with Crippen LogP contribution in [0.4, 0.5) is 0 Å². The second kappa shape index (κ2) is 8.66. The van der Waals surface area contributed by atoms with Crippen molar-refractivity contribution in [2.24, 2.45) is 5.92 Å². The van der Waals surface area contributed by atoms with Crippen LogP contribution in [-0.2, 0) is 35.3 Å². The van der Waals surface area contributed by atoms with Crippen LogP contribution in [0.15, 0.2) is 24.3 Å². The average molecular weight is 450 g/mol. The maximum absolute atomic E-state index is 13.3. The molecule has 1 amide bonds. The molecule has 31 heavy (non-hydrogen) atoms. The first-order valence-corrected chi connectivity index (χ1v) is 12.8. The lowest BCUT2D eigenvalue weighted by Gasteiger charge is -2.30. The van der Waals surface area contributed by atoms with Gasteiger partial charge in [-0.1, -0.05) is 58.9 Å². The number of fused-ring (bicyclic) bond motifs is 1. The molecule has 3 rings (SSSR count). The van der Waals surface area contributed by atoms with Crippen molar-refractivity contribution in [3.63, 3.8) is 0 Å². The number of carbonyl (C=O) groups is 2. The maximum atomic E-state index is 13.3. The molecule has 1 N–H and O–H groups in total. The summed E-state index contributed by atoms with van der Waals surface area (Å²) in [5, 5.41) is 1.64. The first kappa shape index (κ1) is 23.9. The molecule has 1 aromatic rings. The fraction of sp³-hybridized carbons (Fsp3) is 0.667. The van der Waals surface area contributed by atoms with Crippen LogP contribution >= 0.6 is 0 Å². The number of hydrogen-bond donors (Lipinski definition) is 1. The molecule has 0 spiro atoms. The zero-order valence-electron chi connectivity index (χ0n) is 19.2. The summed E-state index contributed by atoms with van der Waals surface area (Å²) in [4.78, 5) is 25.8. The second-order valence-electron chi connectivity index (χ2n) is 10.4. The van der Waals surface area contributed by atoms with Crippen molar-refractivity contribution in [3.05, 3.63) is 35.4 Å². The topological polar surface area (TPSA) is 89.5 Å². The van der Waals surface area contributed by atoms with E-state index in [9.17, 15) is 18.0 Å². The van der Waals surface area contributed by atoms with Gasteiger partial charge in [-0.25, -0.2) is 8.42 Å². The molecule has 2 aliphatic rings. The van der Waals surface area contributed by atoms with Gasteiger partial charge in [0.25, 0.3) is 0 Å². The fourth-order valence-electron chi connectivity index (χ4n) is 4.62. The molecule has 1 heterocycles. The molecular formula is C24H35NO5S. The molecule has 1 aliphatic heterocycles. The van der Waals surface area contributed by atoms with Crippen LogP contribution in [0.5, 0.6) is 0 Å². The molecular weight excluding hydrogens is 414 g/mol. The molecule has 0 radical (unpaired) electrons. The molecule has 0 aromatic heterocycles. The van der Waals surface area contributed by atoms with Crippen molar-refractivity contribution in [1.82, 2.24) is 5.32 Å². The Hall–Kier alpha value is -1.73. The van der Waals surface area contributed by atoms with Gasteiger partial charge >= 0.3 is 0 Å². The van der Waals surface area contributed by atoms with Gasteiger partial charge in [0.1, 0.15) is 17.4 Å². The van der Waals surface area contributed by atoms with Crippen LogP contribution in [-0.4, -0.2) is 43.6 Å². The van der Waals surface area contributed by atoms with Crippen molar-refractivity contribution < 1.29 is 22.7 Å². The van der Waals surface area contributed by atoms with E-state index in [0.717, 1.165) is 12.0 Å². The van der Waals surface area contributed by atoms with Gasteiger partial charge in [0.2, 0.25) is 5.91 Å². The Kier molecular flexibility index (Phi) is 6.68. The highest BCUT2D eigenvalue weighted by Gasteiger charge is 2.55. The quantitative estimate of drug-likeness (QED) is 0.690. The summed E-state index contributed by atoms with van der Waals surface area (Å²) in [6, 6.07) is 7.53. The molecule has 6 nitrogen and oxygen atoms in total. The Balaban J connectivity index is 1.82. The summed E-state index contributed by atoms with van der Waals surface area (Å²) in [6.07, 6.45) is 1.84. The standard InChI is InChI=1S/C24H35NO5S/c1-16(2)13-19(22(27)25-24-12-6-7-21(24)30-14-20(24)26)31(28,29)15-17-8-10-18(11-9-17)23(3,4)5/h8-11,16,19,21H,6-7,12-15H2,1-5H3,(H,25,27)/t19?,21-,24+/m1/s1. The first-order chi connectivity index (χ1) is 14.3.